The lowest BCUT2D eigenvalue weighted by atomic mass is 10.1. The first kappa shape index (κ1) is 14.0. The lowest BCUT2D eigenvalue weighted by Crippen LogP contribution is -2.33. The third kappa shape index (κ3) is 3.13. The molecule has 104 valence electrons. The van der Waals surface area contributed by atoms with Gasteiger partial charge in [0, 0.05) is 13.1 Å². The average Bonchev–Trinajstić information content (AvgIpc) is 2.68. The molecule has 1 heterocycles. The quantitative estimate of drug-likeness (QED) is 0.790. The molecule has 0 bridgehead atoms. The van der Waals surface area contributed by atoms with E-state index in [1.807, 2.05) is 32.9 Å². The van der Waals surface area contributed by atoms with Gasteiger partial charge in [-0.25, -0.2) is 4.79 Å². The largest absolute Gasteiger partial charge is 0.495 e. The van der Waals surface area contributed by atoms with Gasteiger partial charge < -0.3 is 9.47 Å². The zero-order valence-corrected chi connectivity index (χ0v) is 12.4. The zero-order chi connectivity index (χ0) is 14.2. The molecule has 0 unspecified atom stereocenters. The summed E-state index contributed by atoms with van der Waals surface area (Å²) in [6, 6.07) is 3.72. The molecule has 0 aromatic heterocycles. The minimum absolute atomic E-state index is 0.307. The summed E-state index contributed by atoms with van der Waals surface area (Å²) < 4.78 is 10.5. The number of rotatable bonds is 1. The van der Waals surface area contributed by atoms with Crippen LogP contribution in [0, 0.1) is 0 Å². The van der Waals surface area contributed by atoms with Crippen LogP contribution >= 0.6 is 11.6 Å². The molecule has 0 saturated heterocycles. The van der Waals surface area contributed by atoms with Gasteiger partial charge in [0.05, 0.1) is 12.1 Å². The van der Waals surface area contributed by atoms with Gasteiger partial charge in [0.15, 0.2) is 0 Å². The Morgan fingerprint density at radius 1 is 1.26 bits per heavy atom. The fraction of sp³-hybridized carbons (Fsp3) is 0.500. The van der Waals surface area contributed by atoms with Crippen molar-refractivity contribution in [3.8, 4) is 5.75 Å². The van der Waals surface area contributed by atoms with Crippen LogP contribution in [0.5, 0.6) is 5.75 Å². The van der Waals surface area contributed by atoms with Gasteiger partial charge in [-0.3, -0.25) is 4.90 Å². The maximum Gasteiger partial charge on any atom is 0.410 e. The second kappa shape index (κ2) is 4.93. The van der Waals surface area contributed by atoms with Crippen LogP contribution in [-0.4, -0.2) is 23.7 Å². The normalized spacial score (nSPS) is 14.3. The topological polar surface area (TPSA) is 38.8 Å². The van der Waals surface area contributed by atoms with Crippen molar-refractivity contribution in [2.75, 3.05) is 7.11 Å². The van der Waals surface area contributed by atoms with E-state index in [9.17, 15) is 4.79 Å². The number of benzene rings is 1. The average molecular weight is 284 g/mol. The van der Waals surface area contributed by atoms with Gasteiger partial charge in [0.25, 0.3) is 0 Å². The highest BCUT2D eigenvalue weighted by Crippen LogP contribution is 2.33. The third-order valence-corrected chi connectivity index (χ3v) is 3.14. The number of ether oxygens (including phenoxy) is 2. The predicted molar refractivity (Wildman–Crippen MR) is 73.5 cm³/mol. The molecule has 0 radical (unpaired) electrons. The Kier molecular flexibility index (Phi) is 3.63. The van der Waals surface area contributed by atoms with Crippen molar-refractivity contribution in [2.24, 2.45) is 0 Å². The number of methoxy groups -OCH3 is 1. The van der Waals surface area contributed by atoms with Crippen LogP contribution in [0.3, 0.4) is 0 Å². The highest BCUT2D eigenvalue weighted by atomic mass is 35.5. The molecule has 0 N–H and O–H groups in total. The van der Waals surface area contributed by atoms with Crippen LogP contribution in [0.15, 0.2) is 12.1 Å². The number of hydrogen-bond acceptors (Lipinski definition) is 3. The molecule has 0 atom stereocenters. The van der Waals surface area contributed by atoms with Gasteiger partial charge in [-0.2, -0.15) is 0 Å². The summed E-state index contributed by atoms with van der Waals surface area (Å²) in [6.45, 7) is 6.61. The summed E-state index contributed by atoms with van der Waals surface area (Å²) in [7, 11) is 1.58. The maximum absolute atomic E-state index is 12.0. The van der Waals surface area contributed by atoms with Crippen molar-refractivity contribution in [1.29, 1.82) is 0 Å². The van der Waals surface area contributed by atoms with Crippen molar-refractivity contribution in [3.05, 3.63) is 28.3 Å². The summed E-state index contributed by atoms with van der Waals surface area (Å²) in [4.78, 5) is 13.7. The number of nitrogens with zero attached hydrogens (tertiary/aromatic N) is 1. The first-order valence-electron chi connectivity index (χ1n) is 6.13. The lowest BCUT2D eigenvalue weighted by molar-refractivity contribution is 0.0242. The molecule has 5 heteroatoms. The number of hydrogen-bond donors (Lipinski definition) is 0. The van der Waals surface area contributed by atoms with Gasteiger partial charge in [-0.05, 0) is 44.0 Å². The second-order valence-electron chi connectivity index (χ2n) is 5.59. The van der Waals surface area contributed by atoms with E-state index < -0.39 is 5.60 Å². The first-order chi connectivity index (χ1) is 8.80. The lowest BCUT2D eigenvalue weighted by Gasteiger charge is -2.24. The van der Waals surface area contributed by atoms with Gasteiger partial charge in [-0.15, -0.1) is 0 Å². The van der Waals surface area contributed by atoms with E-state index in [0.29, 0.717) is 23.9 Å². The summed E-state index contributed by atoms with van der Waals surface area (Å²) >= 11 is 6.08. The number of carbonyl (C=O) groups excluding carboxylic acids is 1. The van der Waals surface area contributed by atoms with Crippen LogP contribution in [0.1, 0.15) is 31.9 Å². The molecule has 19 heavy (non-hydrogen) atoms. The second-order valence-corrected chi connectivity index (χ2v) is 6.00. The fourth-order valence-electron chi connectivity index (χ4n) is 2.01. The van der Waals surface area contributed by atoms with E-state index in [2.05, 4.69) is 0 Å². The van der Waals surface area contributed by atoms with E-state index in [1.54, 1.807) is 12.0 Å². The van der Waals surface area contributed by atoms with Crippen LogP contribution in [0.25, 0.3) is 0 Å². The van der Waals surface area contributed by atoms with E-state index >= 15 is 0 Å². The van der Waals surface area contributed by atoms with E-state index in [0.717, 1.165) is 11.1 Å². The van der Waals surface area contributed by atoms with Crippen molar-refractivity contribution in [3.63, 3.8) is 0 Å². The predicted octanol–water partition coefficient (Wildman–Crippen LogP) is 3.60. The molecule has 4 nitrogen and oxygen atoms in total. The van der Waals surface area contributed by atoms with Crippen molar-refractivity contribution in [2.45, 2.75) is 39.5 Å². The standard InChI is InChI=1S/C14H18ClNO3/c1-14(2,3)19-13(17)16-7-9-5-11(15)12(18-4)6-10(9)8-16/h5-6H,7-8H2,1-4H3. The summed E-state index contributed by atoms with van der Waals surface area (Å²) in [5.41, 5.74) is 1.60. The molecular formula is C14H18ClNO3. The minimum Gasteiger partial charge on any atom is -0.495 e. The Bertz CT molecular complexity index is 508. The van der Waals surface area contributed by atoms with Gasteiger partial charge in [0.2, 0.25) is 0 Å². The number of carbonyl (C=O) groups is 1. The molecule has 0 saturated carbocycles. The molecule has 1 aliphatic heterocycles. The fourth-order valence-corrected chi connectivity index (χ4v) is 2.27. The Morgan fingerprint density at radius 3 is 2.37 bits per heavy atom. The van der Waals surface area contributed by atoms with E-state index in [4.69, 9.17) is 21.1 Å². The summed E-state index contributed by atoms with van der Waals surface area (Å²) in [5.74, 6) is 0.631. The molecular weight excluding hydrogens is 266 g/mol. The highest BCUT2D eigenvalue weighted by molar-refractivity contribution is 6.32. The van der Waals surface area contributed by atoms with E-state index in [1.165, 1.54) is 0 Å². The van der Waals surface area contributed by atoms with E-state index in [-0.39, 0.29) is 6.09 Å². The Morgan fingerprint density at radius 2 is 1.84 bits per heavy atom. The number of halogens is 1. The molecule has 1 amide bonds. The monoisotopic (exact) mass is 283 g/mol. The summed E-state index contributed by atoms with van der Waals surface area (Å²) in [5, 5.41) is 0.562. The van der Waals surface area contributed by atoms with Crippen molar-refractivity contribution < 1.29 is 14.3 Å². The number of amides is 1. The van der Waals surface area contributed by atoms with Gasteiger partial charge in [0.1, 0.15) is 11.4 Å². The molecule has 1 aromatic rings. The zero-order valence-electron chi connectivity index (χ0n) is 11.6. The summed E-state index contributed by atoms with van der Waals surface area (Å²) in [6.07, 6.45) is -0.307. The molecule has 2 rings (SSSR count). The maximum atomic E-state index is 12.0. The third-order valence-electron chi connectivity index (χ3n) is 2.85. The molecule has 0 aliphatic carbocycles. The minimum atomic E-state index is -0.485. The first-order valence-corrected chi connectivity index (χ1v) is 6.51. The van der Waals surface area contributed by atoms with Gasteiger partial charge >= 0.3 is 6.09 Å². The number of fused-ring (bicyclic) bond motifs is 1. The van der Waals surface area contributed by atoms with Gasteiger partial charge in [-0.1, -0.05) is 11.6 Å². The molecule has 0 spiro atoms. The van der Waals surface area contributed by atoms with Crippen LogP contribution < -0.4 is 4.74 Å². The smallest absolute Gasteiger partial charge is 0.410 e. The highest BCUT2D eigenvalue weighted by Gasteiger charge is 2.28. The Balaban J connectivity index is 2.14. The molecule has 0 fully saturated rings. The van der Waals surface area contributed by atoms with Crippen LogP contribution in [-0.2, 0) is 17.8 Å². The van der Waals surface area contributed by atoms with Crippen LogP contribution in [0.4, 0.5) is 4.79 Å². The molecule has 1 aromatic carbocycles. The SMILES string of the molecule is COc1cc2c(cc1Cl)CN(C(=O)OC(C)(C)C)C2. The Hall–Kier alpha value is -1.42. The Labute approximate surface area is 118 Å². The molecule has 1 aliphatic rings. The van der Waals surface area contributed by atoms with Crippen LogP contribution in [0.2, 0.25) is 5.02 Å². The van der Waals surface area contributed by atoms with Crippen molar-refractivity contribution in [1.82, 2.24) is 4.90 Å². The van der Waals surface area contributed by atoms with Crippen molar-refractivity contribution >= 4 is 17.7 Å².